The number of methoxy groups -OCH3 is 1. The zero-order valence-corrected chi connectivity index (χ0v) is 22.1. The van der Waals surface area contributed by atoms with E-state index in [-0.39, 0.29) is 26.2 Å². The van der Waals surface area contributed by atoms with E-state index in [0.29, 0.717) is 40.7 Å². The average Bonchev–Trinajstić information content (AvgIpc) is 2.95. The van der Waals surface area contributed by atoms with E-state index in [1.54, 1.807) is 66.8 Å². The summed E-state index contributed by atoms with van der Waals surface area (Å²) in [4.78, 5) is 24.9. The van der Waals surface area contributed by atoms with Crippen molar-refractivity contribution in [1.82, 2.24) is 0 Å². The Hall–Kier alpha value is -4.72. The normalized spacial score (nSPS) is 11.1. The van der Waals surface area contributed by atoms with E-state index >= 15 is 0 Å². The van der Waals surface area contributed by atoms with Crippen molar-refractivity contribution in [3.05, 3.63) is 104 Å². The Morgan fingerprint density at radius 1 is 0.744 bits per heavy atom. The highest BCUT2D eigenvalue weighted by atomic mass is 16.6. The summed E-state index contributed by atoms with van der Waals surface area (Å²) in [6.07, 6.45) is 8.14. The molecule has 206 valence electrons. The smallest absolute Gasteiger partial charge is 0.331 e. The number of rotatable bonds is 18. The average molecular weight is 535 g/mol. The quantitative estimate of drug-likeness (QED) is 0.135. The third kappa shape index (κ3) is 10.3. The lowest BCUT2D eigenvalue weighted by Gasteiger charge is -2.19. The van der Waals surface area contributed by atoms with Crippen molar-refractivity contribution >= 4 is 18.0 Å². The minimum atomic E-state index is -0.935. The van der Waals surface area contributed by atoms with E-state index in [0.717, 1.165) is 0 Å². The number of esters is 2. The monoisotopic (exact) mass is 534 g/mol. The Morgan fingerprint density at radius 3 is 1.79 bits per heavy atom. The van der Waals surface area contributed by atoms with Crippen LogP contribution in [0.5, 0.6) is 23.0 Å². The lowest BCUT2D eigenvalue weighted by Crippen LogP contribution is -2.15. The summed E-state index contributed by atoms with van der Waals surface area (Å²) in [5.41, 5.74) is 1.20. The number of carbonyl (C=O) groups excluding carboxylic acids is 2. The summed E-state index contributed by atoms with van der Waals surface area (Å²) in [5, 5.41) is 0. The van der Waals surface area contributed by atoms with Gasteiger partial charge in [-0.25, -0.2) is 4.79 Å². The van der Waals surface area contributed by atoms with Crippen LogP contribution in [-0.2, 0) is 19.1 Å². The molecule has 0 aliphatic carbocycles. The Bertz CT molecular complexity index is 1180. The second-order valence-electron chi connectivity index (χ2n) is 7.85. The maximum absolute atomic E-state index is 12.8. The molecule has 2 aromatic rings. The van der Waals surface area contributed by atoms with Crippen molar-refractivity contribution in [2.45, 2.75) is 12.5 Å². The third-order valence-corrected chi connectivity index (χ3v) is 4.98. The van der Waals surface area contributed by atoms with Gasteiger partial charge in [0.2, 0.25) is 0 Å². The molecule has 8 heteroatoms. The van der Waals surface area contributed by atoms with Crippen LogP contribution in [0.3, 0.4) is 0 Å². The van der Waals surface area contributed by atoms with Crippen LogP contribution in [-0.4, -0.2) is 45.5 Å². The number of benzene rings is 2. The fourth-order valence-electron chi connectivity index (χ4n) is 3.22. The molecule has 39 heavy (non-hydrogen) atoms. The first-order valence-corrected chi connectivity index (χ1v) is 12.1. The van der Waals surface area contributed by atoms with E-state index in [1.807, 2.05) is 0 Å². The number of hydrogen-bond donors (Lipinski definition) is 0. The highest BCUT2D eigenvalue weighted by Crippen LogP contribution is 2.34. The molecule has 0 radical (unpaired) electrons. The molecular formula is C31H34O8. The van der Waals surface area contributed by atoms with Gasteiger partial charge in [-0.2, -0.15) is 0 Å². The third-order valence-electron chi connectivity index (χ3n) is 4.98. The van der Waals surface area contributed by atoms with Gasteiger partial charge in [0.25, 0.3) is 0 Å². The van der Waals surface area contributed by atoms with Gasteiger partial charge in [0, 0.05) is 6.08 Å². The lowest BCUT2D eigenvalue weighted by molar-refractivity contribution is -0.150. The van der Waals surface area contributed by atoms with Crippen LogP contribution in [0.1, 0.15) is 23.7 Å². The lowest BCUT2D eigenvalue weighted by atomic mass is 10.1. The molecule has 0 fully saturated rings. The molecular weight excluding hydrogens is 500 g/mol. The fourth-order valence-corrected chi connectivity index (χ4v) is 3.22. The van der Waals surface area contributed by atoms with Gasteiger partial charge in [-0.3, -0.25) is 4.79 Å². The molecule has 1 unspecified atom stereocenters. The second-order valence-corrected chi connectivity index (χ2v) is 7.85. The highest BCUT2D eigenvalue weighted by molar-refractivity contribution is 5.87. The molecule has 8 nitrogen and oxygen atoms in total. The molecule has 0 aliphatic heterocycles. The van der Waals surface area contributed by atoms with Crippen molar-refractivity contribution in [2.75, 3.05) is 33.5 Å². The topological polar surface area (TPSA) is 89.5 Å². The van der Waals surface area contributed by atoms with E-state index in [4.69, 9.17) is 28.4 Å². The molecule has 0 heterocycles. The first-order valence-electron chi connectivity index (χ1n) is 12.1. The van der Waals surface area contributed by atoms with Gasteiger partial charge in [0.05, 0.1) is 13.5 Å². The summed E-state index contributed by atoms with van der Waals surface area (Å²) in [5.74, 6) is 0.688. The van der Waals surface area contributed by atoms with Gasteiger partial charge in [0.15, 0.2) is 23.0 Å². The number of hydrogen-bond acceptors (Lipinski definition) is 8. The minimum Gasteiger partial charge on any atom is -0.486 e. The van der Waals surface area contributed by atoms with Gasteiger partial charge in [0.1, 0.15) is 32.5 Å². The van der Waals surface area contributed by atoms with Gasteiger partial charge in [-0.15, -0.1) is 0 Å². The van der Waals surface area contributed by atoms with Crippen LogP contribution in [0.25, 0.3) is 6.08 Å². The zero-order chi connectivity index (χ0) is 28.5. The van der Waals surface area contributed by atoms with E-state index < -0.39 is 18.0 Å². The molecule has 0 aliphatic rings. The standard InChI is InChI=1S/C31H34O8/c1-6-16-35-25-13-10-23(20-28(25)37-18-8-3)11-15-30(32)39-27(22-31(33)34-5)24-12-14-26(36-17-7-2)29(21-24)38-19-9-4/h6-15,20-21,27H,1-4,16-19,22H2,5H3/b15-11+. The molecule has 0 saturated carbocycles. The fraction of sp³-hybridized carbons (Fsp3) is 0.226. The van der Waals surface area contributed by atoms with Crippen LogP contribution in [0.15, 0.2) is 93.1 Å². The summed E-state index contributed by atoms with van der Waals surface area (Å²) in [6.45, 7) is 15.7. The second kappa shape index (κ2) is 16.9. The Balaban J connectivity index is 2.27. The summed E-state index contributed by atoms with van der Waals surface area (Å²) in [6, 6.07) is 10.2. The molecule has 0 bridgehead atoms. The van der Waals surface area contributed by atoms with Crippen molar-refractivity contribution in [2.24, 2.45) is 0 Å². The number of carbonyl (C=O) groups is 2. The van der Waals surface area contributed by atoms with Gasteiger partial charge in [-0.1, -0.05) is 62.8 Å². The molecule has 2 aromatic carbocycles. The van der Waals surface area contributed by atoms with Crippen LogP contribution < -0.4 is 18.9 Å². The van der Waals surface area contributed by atoms with Crippen LogP contribution in [0.2, 0.25) is 0 Å². The van der Waals surface area contributed by atoms with Crippen molar-refractivity contribution in [1.29, 1.82) is 0 Å². The van der Waals surface area contributed by atoms with Gasteiger partial charge in [-0.05, 0) is 41.5 Å². The van der Waals surface area contributed by atoms with Crippen molar-refractivity contribution < 1.29 is 38.0 Å². The minimum absolute atomic E-state index is 0.196. The summed E-state index contributed by atoms with van der Waals surface area (Å²) in [7, 11) is 1.26. The summed E-state index contributed by atoms with van der Waals surface area (Å²) >= 11 is 0. The predicted octanol–water partition coefficient (Wildman–Crippen LogP) is 5.81. The Morgan fingerprint density at radius 2 is 1.26 bits per heavy atom. The van der Waals surface area contributed by atoms with Crippen LogP contribution >= 0.6 is 0 Å². The van der Waals surface area contributed by atoms with E-state index in [2.05, 4.69) is 26.3 Å². The van der Waals surface area contributed by atoms with Crippen molar-refractivity contribution in [3.8, 4) is 23.0 Å². The van der Waals surface area contributed by atoms with Crippen LogP contribution in [0, 0.1) is 0 Å². The molecule has 1 atom stereocenters. The molecule has 0 N–H and O–H groups in total. The first kappa shape index (κ1) is 30.5. The zero-order valence-electron chi connectivity index (χ0n) is 22.1. The summed E-state index contributed by atoms with van der Waals surface area (Å²) < 4.78 is 33.1. The number of ether oxygens (including phenoxy) is 6. The SMILES string of the molecule is C=CCOc1ccc(/C=C/C(=O)OC(CC(=O)OC)c2ccc(OCC=C)c(OCC=C)c2)cc1OCC=C. The molecule has 0 amide bonds. The largest absolute Gasteiger partial charge is 0.486 e. The molecule has 0 saturated heterocycles. The molecule has 0 spiro atoms. The van der Waals surface area contributed by atoms with E-state index in [9.17, 15) is 9.59 Å². The van der Waals surface area contributed by atoms with Gasteiger partial charge >= 0.3 is 11.9 Å². The molecule has 0 aromatic heterocycles. The Labute approximate surface area is 229 Å². The molecule has 2 rings (SSSR count). The van der Waals surface area contributed by atoms with Crippen LogP contribution in [0.4, 0.5) is 0 Å². The van der Waals surface area contributed by atoms with E-state index in [1.165, 1.54) is 13.2 Å². The maximum atomic E-state index is 12.8. The first-order chi connectivity index (χ1) is 18.9. The predicted molar refractivity (Wildman–Crippen MR) is 150 cm³/mol. The van der Waals surface area contributed by atoms with Crippen molar-refractivity contribution in [3.63, 3.8) is 0 Å². The van der Waals surface area contributed by atoms with Gasteiger partial charge < -0.3 is 28.4 Å². The maximum Gasteiger partial charge on any atom is 0.331 e. The Kier molecular flexibility index (Phi) is 13.2. The highest BCUT2D eigenvalue weighted by Gasteiger charge is 2.22.